The molecule has 1 amide bonds. The molecule has 28 heavy (non-hydrogen) atoms. The van der Waals surface area contributed by atoms with E-state index < -0.39 is 0 Å². The van der Waals surface area contributed by atoms with Gasteiger partial charge in [-0.2, -0.15) is 0 Å². The summed E-state index contributed by atoms with van der Waals surface area (Å²) in [4.78, 5) is 21.2. The molecule has 0 aromatic heterocycles. The van der Waals surface area contributed by atoms with Gasteiger partial charge in [0, 0.05) is 45.2 Å². The molecule has 1 aromatic carbocycles. The summed E-state index contributed by atoms with van der Waals surface area (Å²) in [6.45, 7) is 8.01. The minimum absolute atomic E-state index is 0. The SMILES string of the molecule is CCNC(=NCCC(=O)N1CCCC(C)C1)N(C)Cc1ccccc1OC.I. The molecule has 1 saturated heterocycles. The average molecular weight is 502 g/mol. The first-order chi connectivity index (χ1) is 13.0. The van der Waals surface area contributed by atoms with Gasteiger partial charge in [0.2, 0.25) is 5.91 Å². The summed E-state index contributed by atoms with van der Waals surface area (Å²) >= 11 is 0. The van der Waals surface area contributed by atoms with Crippen LogP contribution in [0, 0.1) is 5.92 Å². The molecule has 0 aliphatic carbocycles. The lowest BCUT2D eigenvalue weighted by Gasteiger charge is -2.31. The molecule has 2 rings (SSSR count). The predicted molar refractivity (Wildman–Crippen MR) is 125 cm³/mol. The van der Waals surface area contributed by atoms with E-state index in [1.54, 1.807) is 7.11 Å². The van der Waals surface area contributed by atoms with Crippen LogP contribution in [0.5, 0.6) is 5.75 Å². The summed E-state index contributed by atoms with van der Waals surface area (Å²) in [6, 6.07) is 7.99. The van der Waals surface area contributed by atoms with Gasteiger partial charge in [0.25, 0.3) is 0 Å². The van der Waals surface area contributed by atoms with Crippen molar-refractivity contribution >= 4 is 35.8 Å². The molecular formula is C21H35IN4O2. The fourth-order valence-electron chi connectivity index (χ4n) is 3.47. The highest BCUT2D eigenvalue weighted by atomic mass is 127. The molecule has 158 valence electrons. The zero-order chi connectivity index (χ0) is 19.6. The molecule has 6 nitrogen and oxygen atoms in total. The smallest absolute Gasteiger partial charge is 0.224 e. The number of methoxy groups -OCH3 is 1. The molecule has 1 heterocycles. The van der Waals surface area contributed by atoms with Gasteiger partial charge in [-0.25, -0.2) is 0 Å². The zero-order valence-corrected chi connectivity index (χ0v) is 19.9. The van der Waals surface area contributed by atoms with E-state index in [4.69, 9.17) is 4.74 Å². The summed E-state index contributed by atoms with van der Waals surface area (Å²) in [5.41, 5.74) is 1.10. The Balaban J connectivity index is 0.00000392. The van der Waals surface area contributed by atoms with Crippen LogP contribution < -0.4 is 10.1 Å². The number of hydrogen-bond acceptors (Lipinski definition) is 3. The normalized spacial score (nSPS) is 16.9. The fourth-order valence-corrected chi connectivity index (χ4v) is 3.47. The van der Waals surface area contributed by atoms with Gasteiger partial charge in [0.15, 0.2) is 5.96 Å². The Morgan fingerprint density at radius 2 is 2.14 bits per heavy atom. The maximum atomic E-state index is 12.4. The van der Waals surface area contributed by atoms with Crippen LogP contribution in [0.1, 0.15) is 38.7 Å². The Morgan fingerprint density at radius 3 is 2.82 bits per heavy atom. The van der Waals surface area contributed by atoms with E-state index in [1.165, 1.54) is 6.42 Å². The molecule has 0 spiro atoms. The Bertz CT molecular complexity index is 639. The highest BCUT2D eigenvalue weighted by molar-refractivity contribution is 14.0. The highest BCUT2D eigenvalue weighted by Crippen LogP contribution is 2.19. The second-order valence-corrected chi connectivity index (χ2v) is 7.24. The van der Waals surface area contributed by atoms with E-state index in [9.17, 15) is 4.79 Å². The number of para-hydroxylation sites is 1. The van der Waals surface area contributed by atoms with Crippen LogP contribution in [0.2, 0.25) is 0 Å². The topological polar surface area (TPSA) is 57.2 Å². The first kappa shape index (κ1) is 24.5. The van der Waals surface area contributed by atoms with Gasteiger partial charge in [-0.3, -0.25) is 9.79 Å². The Kier molecular flexibility index (Phi) is 11.3. The Morgan fingerprint density at radius 1 is 1.39 bits per heavy atom. The molecule has 0 radical (unpaired) electrons. The van der Waals surface area contributed by atoms with Crippen LogP contribution in [0.25, 0.3) is 0 Å². The molecule has 0 saturated carbocycles. The number of aliphatic imine (C=N–C) groups is 1. The molecule has 1 unspecified atom stereocenters. The largest absolute Gasteiger partial charge is 0.496 e. The van der Waals surface area contributed by atoms with E-state index >= 15 is 0 Å². The van der Waals surface area contributed by atoms with Crippen LogP contribution in [0.3, 0.4) is 0 Å². The summed E-state index contributed by atoms with van der Waals surface area (Å²) in [6.07, 6.45) is 2.80. The molecule has 1 atom stereocenters. The summed E-state index contributed by atoms with van der Waals surface area (Å²) < 4.78 is 5.44. The van der Waals surface area contributed by atoms with Gasteiger partial charge in [0.05, 0.1) is 13.7 Å². The van der Waals surface area contributed by atoms with Gasteiger partial charge in [-0.15, -0.1) is 24.0 Å². The number of hydrogen-bond donors (Lipinski definition) is 1. The number of guanidine groups is 1. The molecule has 1 N–H and O–H groups in total. The third-order valence-corrected chi connectivity index (χ3v) is 4.89. The first-order valence-electron chi connectivity index (χ1n) is 9.94. The number of benzene rings is 1. The third kappa shape index (κ3) is 7.48. The number of rotatable bonds is 7. The zero-order valence-electron chi connectivity index (χ0n) is 17.6. The molecule has 1 aliphatic heterocycles. The second-order valence-electron chi connectivity index (χ2n) is 7.24. The molecule has 1 aromatic rings. The van der Waals surface area contributed by atoms with Crippen LogP contribution in [-0.2, 0) is 11.3 Å². The first-order valence-corrected chi connectivity index (χ1v) is 9.94. The molecule has 0 bridgehead atoms. The minimum atomic E-state index is 0. The molecule has 1 aliphatic rings. The van der Waals surface area contributed by atoms with E-state index in [0.717, 1.165) is 43.3 Å². The fraction of sp³-hybridized carbons (Fsp3) is 0.619. The number of carbonyl (C=O) groups is 1. The van der Waals surface area contributed by atoms with Crippen molar-refractivity contribution < 1.29 is 9.53 Å². The van der Waals surface area contributed by atoms with Crippen LogP contribution >= 0.6 is 24.0 Å². The number of ether oxygens (including phenoxy) is 1. The maximum absolute atomic E-state index is 12.4. The predicted octanol–water partition coefficient (Wildman–Crippen LogP) is 3.36. The number of nitrogens with zero attached hydrogens (tertiary/aromatic N) is 3. The lowest BCUT2D eigenvalue weighted by atomic mass is 10.00. The van der Waals surface area contributed by atoms with Gasteiger partial charge >= 0.3 is 0 Å². The second kappa shape index (κ2) is 12.9. The van der Waals surface area contributed by atoms with Crippen molar-refractivity contribution in [2.45, 2.75) is 39.7 Å². The Hall–Kier alpha value is -1.51. The number of piperidine rings is 1. The van der Waals surface area contributed by atoms with E-state index in [1.807, 2.05) is 37.1 Å². The summed E-state index contributed by atoms with van der Waals surface area (Å²) in [7, 11) is 3.69. The van der Waals surface area contributed by atoms with Crippen LogP contribution in [0.4, 0.5) is 0 Å². The van der Waals surface area contributed by atoms with Crippen molar-refractivity contribution in [1.82, 2.24) is 15.1 Å². The monoisotopic (exact) mass is 502 g/mol. The summed E-state index contributed by atoms with van der Waals surface area (Å²) in [5.74, 6) is 2.50. The molecular weight excluding hydrogens is 467 g/mol. The molecule has 1 fully saturated rings. The number of halogens is 1. The number of likely N-dealkylation sites (tertiary alicyclic amines) is 1. The van der Waals surface area contributed by atoms with E-state index in [-0.39, 0.29) is 29.9 Å². The quantitative estimate of drug-likeness (QED) is 0.353. The van der Waals surface area contributed by atoms with Crippen molar-refractivity contribution in [3.05, 3.63) is 29.8 Å². The van der Waals surface area contributed by atoms with Gasteiger partial charge in [0.1, 0.15) is 5.75 Å². The van der Waals surface area contributed by atoms with Gasteiger partial charge in [-0.05, 0) is 31.7 Å². The summed E-state index contributed by atoms with van der Waals surface area (Å²) in [5, 5.41) is 3.31. The average Bonchev–Trinajstić information content (AvgIpc) is 2.67. The van der Waals surface area contributed by atoms with Crippen molar-refractivity contribution in [2.75, 3.05) is 40.3 Å². The van der Waals surface area contributed by atoms with Crippen molar-refractivity contribution in [2.24, 2.45) is 10.9 Å². The van der Waals surface area contributed by atoms with Gasteiger partial charge in [-0.1, -0.05) is 25.1 Å². The van der Waals surface area contributed by atoms with Crippen LogP contribution in [0.15, 0.2) is 29.3 Å². The van der Waals surface area contributed by atoms with Crippen molar-refractivity contribution in [1.29, 1.82) is 0 Å². The highest BCUT2D eigenvalue weighted by Gasteiger charge is 2.20. The van der Waals surface area contributed by atoms with Crippen molar-refractivity contribution in [3.63, 3.8) is 0 Å². The van der Waals surface area contributed by atoms with E-state index in [2.05, 4.69) is 28.2 Å². The molecule has 7 heteroatoms. The van der Waals surface area contributed by atoms with Gasteiger partial charge < -0.3 is 19.9 Å². The Labute approximate surface area is 186 Å². The number of carbonyl (C=O) groups excluding carboxylic acids is 1. The standard InChI is InChI=1S/C21H34N4O2.HI/c1-5-22-21(24(3)16-18-10-6-7-11-19(18)27-4)23-13-12-20(26)25-14-8-9-17(2)15-25;/h6-7,10-11,17H,5,8-9,12-16H2,1-4H3,(H,22,23);1H. The minimum Gasteiger partial charge on any atom is -0.496 e. The van der Waals surface area contributed by atoms with E-state index in [0.29, 0.717) is 25.4 Å². The lowest BCUT2D eigenvalue weighted by molar-refractivity contribution is -0.132. The number of nitrogens with one attached hydrogen (secondary N) is 1. The number of amides is 1. The van der Waals surface area contributed by atoms with Crippen molar-refractivity contribution in [3.8, 4) is 5.75 Å². The third-order valence-electron chi connectivity index (χ3n) is 4.89. The lowest BCUT2D eigenvalue weighted by Crippen LogP contribution is -2.40. The van der Waals surface area contributed by atoms with Crippen LogP contribution in [-0.4, -0.2) is 62.0 Å². The maximum Gasteiger partial charge on any atom is 0.224 e.